The Morgan fingerprint density at radius 2 is 1.88 bits per heavy atom. The smallest absolute Gasteiger partial charge is 0.300 e. The number of nitrogens with one attached hydrogen (secondary N) is 1. The van der Waals surface area contributed by atoms with Crippen molar-refractivity contribution in [3.8, 4) is 0 Å². The lowest BCUT2D eigenvalue weighted by Gasteiger charge is -2.25. The number of nitrogens with zero attached hydrogens (tertiary/aromatic N) is 3. The number of anilines is 1. The number of hydrogen-bond donors (Lipinski definition) is 1. The van der Waals surface area contributed by atoms with Gasteiger partial charge in [0, 0.05) is 38.2 Å². The van der Waals surface area contributed by atoms with Crippen LogP contribution in [0.15, 0.2) is 18.2 Å². The Kier molecular flexibility index (Phi) is 3.78. The molecule has 3 amide bonds. The molecule has 7 nitrogen and oxygen atoms in total. The highest BCUT2D eigenvalue weighted by molar-refractivity contribution is 6.09. The fourth-order valence-corrected chi connectivity index (χ4v) is 3.89. The van der Waals surface area contributed by atoms with Gasteiger partial charge < -0.3 is 0 Å². The van der Waals surface area contributed by atoms with Gasteiger partial charge in [-0.25, -0.2) is 4.79 Å². The normalized spacial score (nSPS) is 19.6. The Hall–Kier alpha value is -2.70. The Morgan fingerprint density at radius 1 is 1.12 bits per heavy atom. The summed E-state index contributed by atoms with van der Waals surface area (Å²) in [5, 5.41) is 7.81. The lowest BCUT2D eigenvalue weighted by atomic mass is 9.83. The number of imide groups is 1. The van der Waals surface area contributed by atoms with Crippen LogP contribution in [0.4, 0.5) is 10.6 Å². The van der Waals surface area contributed by atoms with Crippen molar-refractivity contribution < 1.29 is 14.4 Å². The number of hydrogen-bond acceptors (Lipinski definition) is 4. The molecule has 1 aliphatic carbocycles. The molecule has 1 saturated carbocycles. The maximum Gasteiger partial charge on any atom is 0.329 e. The molecule has 1 aromatic carbocycles. The summed E-state index contributed by atoms with van der Waals surface area (Å²) in [4.78, 5) is 36.7. The molecule has 2 aliphatic rings. The molecule has 1 aliphatic heterocycles. The van der Waals surface area contributed by atoms with E-state index in [0.29, 0.717) is 36.9 Å². The first-order valence-corrected chi connectivity index (χ1v) is 8.63. The van der Waals surface area contributed by atoms with E-state index in [1.54, 1.807) is 4.68 Å². The first-order valence-electron chi connectivity index (χ1n) is 8.63. The number of fused-ring (bicyclic) bond motifs is 1. The van der Waals surface area contributed by atoms with E-state index in [-0.39, 0.29) is 12.3 Å². The van der Waals surface area contributed by atoms with Crippen LogP contribution in [0, 0.1) is 0 Å². The van der Waals surface area contributed by atoms with Crippen LogP contribution in [-0.4, -0.2) is 34.0 Å². The number of amides is 3. The van der Waals surface area contributed by atoms with Gasteiger partial charge in [-0.2, -0.15) is 5.10 Å². The first kappa shape index (κ1) is 15.8. The number of ketones is 1. The number of benzene rings is 1. The maximum atomic E-state index is 12.2. The summed E-state index contributed by atoms with van der Waals surface area (Å²) in [6.45, 7) is 0.332. The molecule has 130 valence electrons. The molecule has 0 spiro atoms. The molecule has 2 heterocycles. The lowest BCUT2D eigenvalue weighted by Crippen LogP contribution is -2.49. The van der Waals surface area contributed by atoms with Crippen LogP contribution in [0.3, 0.4) is 0 Å². The second kappa shape index (κ2) is 5.98. The highest BCUT2D eigenvalue weighted by Crippen LogP contribution is 2.37. The van der Waals surface area contributed by atoms with E-state index in [1.807, 2.05) is 19.2 Å². The number of carbonyl (C=O) groups excluding carboxylic acids is 3. The average Bonchev–Trinajstić information content (AvgIpc) is 2.93. The first-order chi connectivity index (χ1) is 12.0. The van der Waals surface area contributed by atoms with Gasteiger partial charge in [0.25, 0.3) is 0 Å². The number of para-hydroxylation sites is 1. The van der Waals surface area contributed by atoms with Crippen molar-refractivity contribution in [2.24, 2.45) is 7.05 Å². The molecule has 0 atom stereocenters. The molecule has 0 radical (unpaired) electrons. The predicted molar refractivity (Wildman–Crippen MR) is 92.4 cm³/mol. The van der Waals surface area contributed by atoms with Crippen molar-refractivity contribution in [1.82, 2.24) is 15.1 Å². The van der Waals surface area contributed by atoms with Crippen LogP contribution in [0.5, 0.6) is 0 Å². The summed E-state index contributed by atoms with van der Waals surface area (Å²) in [5.74, 6) is 0.996. The molecular weight excluding hydrogens is 320 g/mol. The van der Waals surface area contributed by atoms with Gasteiger partial charge in [-0.3, -0.25) is 24.5 Å². The van der Waals surface area contributed by atoms with E-state index < -0.39 is 6.03 Å². The zero-order chi connectivity index (χ0) is 17.6. The van der Waals surface area contributed by atoms with E-state index in [9.17, 15) is 14.4 Å². The Morgan fingerprint density at radius 3 is 2.60 bits per heavy atom. The Balaban J connectivity index is 1.76. The number of rotatable bonds is 2. The molecule has 4 rings (SSSR count). The number of aryl methyl sites for hydroxylation is 1. The van der Waals surface area contributed by atoms with Crippen molar-refractivity contribution in [3.05, 3.63) is 23.8 Å². The standard InChI is InChI=1S/C18H20N4O3/c1-21-16-13(11-5-7-12(23)8-6-11)3-2-4-14(16)17(20-21)22-10-9-15(24)19-18(22)25/h2-4,11H,5-10H2,1H3,(H,19,24,25). The summed E-state index contributed by atoms with van der Waals surface area (Å²) >= 11 is 0. The van der Waals surface area contributed by atoms with Gasteiger partial charge in [0.2, 0.25) is 5.91 Å². The van der Waals surface area contributed by atoms with E-state index in [0.717, 1.165) is 23.7 Å². The van der Waals surface area contributed by atoms with E-state index in [1.165, 1.54) is 10.5 Å². The molecule has 25 heavy (non-hydrogen) atoms. The number of Topliss-reactive ketones (excluding diaryl/α,β-unsaturated/α-hetero) is 1. The quantitative estimate of drug-likeness (QED) is 0.909. The number of aromatic nitrogens is 2. The second-order valence-electron chi connectivity index (χ2n) is 6.76. The maximum absolute atomic E-state index is 12.2. The van der Waals surface area contributed by atoms with Crippen molar-refractivity contribution in [3.63, 3.8) is 0 Å². The molecule has 1 aromatic heterocycles. The Labute approximate surface area is 145 Å². The molecule has 2 aromatic rings. The lowest BCUT2D eigenvalue weighted by molar-refractivity contribution is -0.121. The molecule has 0 bridgehead atoms. The zero-order valence-electron chi connectivity index (χ0n) is 14.1. The third-order valence-corrected chi connectivity index (χ3v) is 5.17. The van der Waals surface area contributed by atoms with Gasteiger partial charge in [-0.1, -0.05) is 12.1 Å². The van der Waals surface area contributed by atoms with Crippen molar-refractivity contribution in [1.29, 1.82) is 0 Å². The fourth-order valence-electron chi connectivity index (χ4n) is 3.89. The van der Waals surface area contributed by atoms with Crippen LogP contribution < -0.4 is 10.2 Å². The SMILES string of the molecule is Cn1nc(N2CCC(=O)NC2=O)c2cccc(C3CCC(=O)CC3)c21. The van der Waals surface area contributed by atoms with Gasteiger partial charge in [0.1, 0.15) is 5.78 Å². The monoisotopic (exact) mass is 340 g/mol. The van der Waals surface area contributed by atoms with Crippen molar-refractivity contribution in [2.45, 2.75) is 38.0 Å². The second-order valence-corrected chi connectivity index (χ2v) is 6.76. The molecule has 1 saturated heterocycles. The predicted octanol–water partition coefficient (Wildman–Crippen LogP) is 2.25. The van der Waals surface area contributed by atoms with E-state index in [4.69, 9.17) is 0 Å². The van der Waals surface area contributed by atoms with Crippen molar-refractivity contribution in [2.75, 3.05) is 11.4 Å². The average molecular weight is 340 g/mol. The highest BCUT2D eigenvalue weighted by Gasteiger charge is 2.29. The van der Waals surface area contributed by atoms with Crippen LogP contribution >= 0.6 is 0 Å². The molecule has 0 unspecified atom stereocenters. The largest absolute Gasteiger partial charge is 0.329 e. The molecule has 7 heteroatoms. The van der Waals surface area contributed by atoms with Crippen LogP contribution in [0.25, 0.3) is 10.9 Å². The van der Waals surface area contributed by atoms with Crippen molar-refractivity contribution >= 4 is 34.4 Å². The summed E-state index contributed by atoms with van der Waals surface area (Å²) in [7, 11) is 1.87. The molecular formula is C18H20N4O3. The van der Waals surface area contributed by atoms with Crippen LogP contribution in [-0.2, 0) is 16.6 Å². The van der Waals surface area contributed by atoms with Gasteiger partial charge in [-0.15, -0.1) is 0 Å². The number of carbonyl (C=O) groups is 3. The summed E-state index contributed by atoms with van der Waals surface area (Å²) in [6.07, 6.45) is 3.24. The summed E-state index contributed by atoms with van der Waals surface area (Å²) < 4.78 is 1.81. The fraction of sp³-hybridized carbons (Fsp3) is 0.444. The van der Waals surface area contributed by atoms with Gasteiger partial charge in [-0.05, 0) is 30.4 Å². The van der Waals surface area contributed by atoms with Crippen LogP contribution in [0.2, 0.25) is 0 Å². The minimum Gasteiger partial charge on any atom is -0.300 e. The summed E-state index contributed by atoms with van der Waals surface area (Å²) in [6, 6.07) is 5.60. The summed E-state index contributed by atoms with van der Waals surface area (Å²) in [5.41, 5.74) is 2.18. The third-order valence-electron chi connectivity index (χ3n) is 5.17. The molecule has 2 fully saturated rings. The topological polar surface area (TPSA) is 84.3 Å². The van der Waals surface area contributed by atoms with Gasteiger partial charge in [0.05, 0.1) is 5.52 Å². The van der Waals surface area contributed by atoms with E-state index >= 15 is 0 Å². The van der Waals surface area contributed by atoms with Crippen LogP contribution in [0.1, 0.15) is 43.6 Å². The highest BCUT2D eigenvalue weighted by atomic mass is 16.2. The van der Waals surface area contributed by atoms with Gasteiger partial charge in [0.15, 0.2) is 5.82 Å². The zero-order valence-corrected chi connectivity index (χ0v) is 14.1. The number of urea groups is 1. The minimum atomic E-state index is -0.426. The molecule has 1 N–H and O–H groups in total. The van der Waals surface area contributed by atoms with Gasteiger partial charge >= 0.3 is 6.03 Å². The van der Waals surface area contributed by atoms with E-state index in [2.05, 4.69) is 16.5 Å². The minimum absolute atomic E-state index is 0.256. The third kappa shape index (κ3) is 2.69. The Bertz CT molecular complexity index is 876.